The van der Waals surface area contributed by atoms with Crippen molar-refractivity contribution in [3.8, 4) is 0 Å². The number of H-pyrrole nitrogens is 1. The molecule has 1 aromatic heterocycles. The number of unbranched alkanes of at least 4 members (excludes halogenated alkanes) is 3. The van der Waals surface area contributed by atoms with Crippen molar-refractivity contribution in [2.75, 3.05) is 76.7 Å². The Bertz CT molecular complexity index is 3460. The molecule has 0 saturated heterocycles. The Labute approximate surface area is 863 Å². The van der Waals surface area contributed by atoms with Gasteiger partial charge in [0.2, 0.25) is 5.91 Å². The summed E-state index contributed by atoms with van der Waals surface area (Å²) in [5, 5.41) is 181. The molecule has 1 amide bonds. The van der Waals surface area contributed by atoms with Crippen molar-refractivity contribution >= 4 is 150 Å². The second-order valence-corrected chi connectivity index (χ2v) is 31.0. The van der Waals surface area contributed by atoms with Gasteiger partial charge in [0.1, 0.15) is 84.6 Å². The van der Waals surface area contributed by atoms with E-state index in [-0.39, 0.29) is 75.3 Å². The van der Waals surface area contributed by atoms with E-state index in [2.05, 4.69) is 50.4 Å². The van der Waals surface area contributed by atoms with E-state index >= 15 is 0 Å². The zero-order valence-electron chi connectivity index (χ0n) is 83.7. The number of thioether (sulfide) groups is 1. The van der Waals surface area contributed by atoms with Gasteiger partial charge in [-0.3, -0.25) is 102 Å². The standard InChI is InChI=1S/2C6H14N4O2.C6H9N3O2.3C6H14N2O2.C6H13NO2.C5H10N2O3.C5H9NO4.C5H11NO2S.C5H11NO2.C4H9NO3.C3H7NO3.C3H7NO2S.3C2H5NO2/c2*7-4(5(11)12)2-1-3-10-6(8)9;7-5(6(10)11)1-4-2-8-3-9-4;3*7-4-2-1-3-5(8)6(9)10;1-4(2)3-5(7)6(8)9;2*6-3(5(9)10)1-2-4(7)8;1-9-3-2-4(6)5(7)8;1-3(2)4(6)5(7)8;1-2(6)3(5)4(7)8;4-2(1-5)3(6)7;4-2(1-7)3(5)6;3*3-1-2(4)5/h2*4H,1-3,7H2,(H,11,12)(H4,8,9,10);2-3,5H,1,7H2,(H,8,9)(H,10,11);3*5H,1-4,7-8H2,(H,9,10);4-5H,3,7H2,1-2H3,(H,8,9);3H,1-2,6H2,(H2,7,8)(H,9,10);3H,1-2,6H2,(H,7,8)(H,9,10);4H,2-3,6H2,1H3,(H,7,8);3-4H,6H2,1-2H3,(H,7,8);2-3,6H,5H2,1H3,(H,7,8);2,5H,1,4H2,(H,6,7);2,7H,1,4H2,(H,5,6);3*1,3H2,(H,4,5)/t2*4-;5*5-;2*3-;2*4-;2-,3+;2*2-;;;/m00000000000100.../s1. The van der Waals surface area contributed by atoms with Crippen LogP contribution in [0.1, 0.15) is 162 Å². The summed E-state index contributed by atoms with van der Waals surface area (Å²) in [4.78, 5) is 195. The average molecular weight is 2200 g/mol. The Morgan fingerprint density at radius 3 is 0.764 bits per heavy atom. The number of hydrogen-bond donors (Lipinski definition) is 49. The largest absolute Gasteiger partial charge is 0.481 e. The van der Waals surface area contributed by atoms with Gasteiger partial charge < -0.3 is 250 Å². The summed E-state index contributed by atoms with van der Waals surface area (Å²) in [6.07, 6.45) is 13.8. The number of amides is 1. The number of aliphatic hydroxyl groups excluding tert-OH is 2. The molecule has 0 saturated carbocycles. The molecular weight excluding hydrogens is 2030 g/mol. The number of guanidine groups is 2. The number of aromatic nitrogens is 2. The third-order valence-electron chi connectivity index (χ3n) is 15.2. The number of imidazole rings is 1. The number of nitrogens with two attached hydrogens (primary N) is 23. The summed E-state index contributed by atoms with van der Waals surface area (Å²) in [7, 11) is 0. The predicted octanol–water partition coefficient (Wildman–Crippen LogP) is -12.6. The highest BCUT2D eigenvalue weighted by atomic mass is 32.2. The topological polar surface area (TPSA) is 1430 Å². The van der Waals surface area contributed by atoms with Gasteiger partial charge in [0, 0.05) is 44.3 Å². The summed E-state index contributed by atoms with van der Waals surface area (Å²) >= 11 is 5.25. The number of aliphatic carboxylic acids is 18. The Morgan fingerprint density at radius 1 is 0.358 bits per heavy atom. The number of carbonyl (C=O) groups excluding carboxylic acids is 1. The van der Waals surface area contributed by atoms with E-state index in [1.54, 1.807) is 31.8 Å². The van der Waals surface area contributed by atoms with E-state index < -0.39 is 211 Å². The summed E-state index contributed by atoms with van der Waals surface area (Å²) < 4.78 is 0. The lowest BCUT2D eigenvalue weighted by Gasteiger charge is -2.07. The van der Waals surface area contributed by atoms with Gasteiger partial charge in [-0.25, -0.2) is 4.98 Å². The Hall–Kier alpha value is -12.5. The van der Waals surface area contributed by atoms with Gasteiger partial charge in [0.15, 0.2) is 11.9 Å². The lowest BCUT2D eigenvalue weighted by atomic mass is 10.1. The van der Waals surface area contributed by atoms with Gasteiger partial charge in [-0.2, -0.15) is 24.4 Å². The molecular formula is C78H171N29O39S2. The lowest BCUT2D eigenvalue weighted by Crippen LogP contribution is -2.39. The second kappa shape index (κ2) is 118. The smallest absolute Gasteiger partial charge is 0.323 e. The normalized spacial score (nSPS) is 12.6. The first-order valence-electron chi connectivity index (χ1n) is 43.6. The van der Waals surface area contributed by atoms with Crippen molar-refractivity contribution in [2.24, 2.45) is 144 Å². The van der Waals surface area contributed by atoms with Crippen LogP contribution in [0.4, 0.5) is 0 Å². The van der Waals surface area contributed by atoms with Gasteiger partial charge >= 0.3 is 107 Å². The van der Waals surface area contributed by atoms with Crippen LogP contribution in [0.5, 0.6) is 0 Å². The zero-order chi connectivity index (χ0) is 120. The number of primary amides is 1. The van der Waals surface area contributed by atoms with E-state index in [1.165, 1.54) is 13.3 Å². The molecule has 71 N–H and O–H groups in total. The molecule has 1 rings (SSSR count). The van der Waals surface area contributed by atoms with Gasteiger partial charge in [-0.15, -0.1) is 0 Å². The van der Waals surface area contributed by atoms with Crippen LogP contribution in [-0.2, 0) is 97.5 Å². The van der Waals surface area contributed by atoms with Crippen LogP contribution >= 0.6 is 24.4 Å². The van der Waals surface area contributed by atoms with Crippen molar-refractivity contribution < 1.29 is 193 Å². The molecule has 68 nitrogen and oxygen atoms in total. The van der Waals surface area contributed by atoms with E-state index in [1.807, 2.05) is 20.1 Å². The van der Waals surface area contributed by atoms with Crippen LogP contribution in [0, 0.1) is 22.7 Å². The fourth-order valence-electron chi connectivity index (χ4n) is 6.40. The van der Waals surface area contributed by atoms with Gasteiger partial charge in [0.05, 0.1) is 44.4 Å². The monoisotopic (exact) mass is 2200 g/mol. The fourth-order valence-corrected chi connectivity index (χ4v) is 7.04. The third-order valence-corrected chi connectivity index (χ3v) is 16.2. The first-order valence-corrected chi connectivity index (χ1v) is 45.6. The Kier molecular flexibility index (Phi) is 137. The predicted molar refractivity (Wildman–Crippen MR) is 543 cm³/mol. The zero-order valence-corrected chi connectivity index (χ0v) is 85.4. The number of nitrogens with zero attached hydrogens (tertiary/aromatic N) is 1. The maximum Gasteiger partial charge on any atom is 0.323 e. The molecule has 148 heavy (non-hydrogen) atoms. The van der Waals surface area contributed by atoms with E-state index in [0.29, 0.717) is 102 Å². The third kappa shape index (κ3) is 164. The number of carboxylic acids is 18. The number of thiol groups is 1. The Balaban J connectivity index is -0.0000000898. The van der Waals surface area contributed by atoms with Crippen LogP contribution in [-0.4, -0.2) is 405 Å². The molecule has 0 fully saturated rings. The van der Waals surface area contributed by atoms with E-state index in [9.17, 15) is 91.1 Å². The average Bonchev–Trinajstić information content (AvgIpc) is 1.81. The van der Waals surface area contributed by atoms with Crippen LogP contribution in [0.25, 0.3) is 0 Å². The molecule has 0 aromatic carbocycles. The minimum atomic E-state index is -1.18. The maximum absolute atomic E-state index is 10.3. The van der Waals surface area contributed by atoms with Crippen molar-refractivity contribution in [3.05, 3.63) is 18.2 Å². The number of aliphatic hydroxyl groups is 2. The van der Waals surface area contributed by atoms with Gasteiger partial charge in [-0.1, -0.05) is 47.0 Å². The minimum absolute atomic E-state index is 0.0208. The molecule has 15 atom stereocenters. The van der Waals surface area contributed by atoms with Crippen LogP contribution < -0.4 is 143 Å². The molecule has 0 aliphatic rings. The minimum Gasteiger partial charge on any atom is -0.481 e. The molecule has 0 bridgehead atoms. The molecule has 0 unspecified atom stereocenters. The molecule has 1 aromatic rings. The molecule has 0 spiro atoms. The molecule has 1 heterocycles. The Morgan fingerprint density at radius 2 is 0.615 bits per heavy atom. The summed E-state index contributed by atoms with van der Waals surface area (Å²) in [5.74, 6) is -17.5. The van der Waals surface area contributed by atoms with Crippen LogP contribution in [0.2, 0.25) is 0 Å². The van der Waals surface area contributed by atoms with Crippen molar-refractivity contribution in [1.29, 1.82) is 10.8 Å². The highest BCUT2D eigenvalue weighted by Gasteiger charge is 2.21. The summed E-state index contributed by atoms with van der Waals surface area (Å²) in [6.45, 7) is 10.2. The summed E-state index contributed by atoms with van der Waals surface area (Å²) in [5.41, 5.74) is 116. The van der Waals surface area contributed by atoms with Gasteiger partial charge in [0.25, 0.3) is 0 Å². The number of rotatable bonds is 54. The number of aromatic amines is 1. The summed E-state index contributed by atoms with van der Waals surface area (Å²) in [6, 6.07) is -11.9. The highest BCUT2D eigenvalue weighted by molar-refractivity contribution is 7.98. The van der Waals surface area contributed by atoms with Crippen LogP contribution in [0.3, 0.4) is 0 Å². The van der Waals surface area contributed by atoms with Crippen molar-refractivity contribution in [1.82, 2.24) is 20.6 Å². The lowest BCUT2D eigenvalue weighted by molar-refractivity contribution is -0.141. The SMILES string of the molecule is CC(C)C[C@H](N)C(=O)O.CC(C)[C@H](N)C(=O)O.CSCC[C@H](N)C(=O)O.C[C@@H](O)[C@H](N)C(=O)O.N=C(N)NCCC[C@H](N)C(=O)O.N=C(N)NCCC[C@H](N)C(=O)O.NC(=O)CC[C@H](N)C(=O)O.NCC(=O)O.NCC(=O)O.NCC(=O)O.NCCCC[C@H](N)C(=O)O.NCCCC[C@H](N)C(=O)O.NCCCC[C@H](N)C(=O)O.N[C@@H](CCC(=O)O)C(=O)O.N[C@@H](CO)C(=O)O.N[C@@H](CS)C(=O)O.N[C@@H](Cc1c[nH]cn1)C(=O)O. The van der Waals surface area contributed by atoms with Crippen LogP contribution in [0.15, 0.2) is 12.5 Å². The maximum atomic E-state index is 10.3. The van der Waals surface area contributed by atoms with Crippen molar-refractivity contribution in [2.45, 2.75) is 254 Å². The number of nitrogens with one attached hydrogen (secondary N) is 5. The molecule has 0 radical (unpaired) electrons. The van der Waals surface area contributed by atoms with E-state index in [4.69, 9.17) is 228 Å². The molecule has 0 aliphatic carbocycles. The number of carboxylic acid groups (broad SMARTS) is 18. The highest BCUT2D eigenvalue weighted by Crippen LogP contribution is 2.05. The quantitative estimate of drug-likeness (QED) is 0.0125. The van der Waals surface area contributed by atoms with Gasteiger partial charge in [-0.05, 0) is 140 Å². The first kappa shape index (κ1) is 172. The second-order valence-electron chi connectivity index (χ2n) is 29.6. The number of hydrogen-bond acceptors (Lipinski definition) is 46. The molecule has 70 heteroatoms. The first-order chi connectivity index (χ1) is 67.9. The fraction of sp³-hybridized carbons (Fsp3) is 0.692. The molecule has 874 valence electrons. The van der Waals surface area contributed by atoms with Crippen molar-refractivity contribution in [3.63, 3.8) is 0 Å². The van der Waals surface area contributed by atoms with E-state index in [0.717, 1.165) is 44.3 Å². The molecule has 0 aliphatic heterocycles. The number of carbonyl (C=O) groups is 19.